The van der Waals surface area contributed by atoms with Crippen LogP contribution in [0.5, 0.6) is 0 Å². The molecule has 0 aliphatic carbocycles. The second kappa shape index (κ2) is 8.87. The highest BCUT2D eigenvalue weighted by molar-refractivity contribution is 5.93. The number of aliphatic hydroxyl groups excluding tert-OH is 1. The van der Waals surface area contributed by atoms with Gasteiger partial charge in [0.2, 0.25) is 5.91 Å². The number of nitrogens with two attached hydrogens (primary N) is 1. The maximum atomic E-state index is 14.7. The first-order valence-corrected chi connectivity index (χ1v) is 9.26. The third kappa shape index (κ3) is 4.90. The van der Waals surface area contributed by atoms with Gasteiger partial charge in [-0.05, 0) is 43.7 Å². The van der Waals surface area contributed by atoms with E-state index in [4.69, 9.17) is 10.5 Å². The lowest BCUT2D eigenvalue weighted by Crippen LogP contribution is -2.25. The van der Waals surface area contributed by atoms with Crippen molar-refractivity contribution < 1.29 is 28.6 Å². The molecule has 2 heterocycles. The number of aromatic nitrogens is 1. The molecule has 10 heteroatoms. The normalized spacial score (nSPS) is 16.8. The zero-order chi connectivity index (χ0) is 21.8. The van der Waals surface area contributed by atoms with Crippen LogP contribution in [-0.2, 0) is 14.3 Å². The lowest BCUT2D eigenvalue weighted by molar-refractivity contribution is -0.123. The van der Waals surface area contributed by atoms with Crippen LogP contribution in [0.3, 0.4) is 0 Å². The molecular weight excluding hydrogens is 395 g/mol. The zero-order valence-corrected chi connectivity index (χ0v) is 16.2. The van der Waals surface area contributed by atoms with Crippen LogP contribution in [0.2, 0.25) is 0 Å². The second-order valence-electron chi connectivity index (χ2n) is 6.88. The molecule has 2 unspecified atom stereocenters. The molecule has 3 rings (SSSR count). The molecule has 2 atom stereocenters. The van der Waals surface area contributed by atoms with E-state index >= 15 is 0 Å². The molecule has 2 aromatic rings. The number of pyridine rings is 1. The van der Waals surface area contributed by atoms with Crippen molar-refractivity contribution in [3.05, 3.63) is 42.3 Å². The maximum absolute atomic E-state index is 14.7. The number of nitrogens with one attached hydrogen (secondary N) is 1. The largest absolute Gasteiger partial charge is 0.444 e. The number of halogens is 1. The number of rotatable bonds is 7. The predicted octanol–water partition coefficient (Wildman–Crippen LogP) is 1.80. The average molecular weight is 416 g/mol. The van der Waals surface area contributed by atoms with E-state index in [-0.39, 0.29) is 24.3 Å². The van der Waals surface area contributed by atoms with Crippen molar-refractivity contribution in [3.8, 4) is 11.1 Å². The molecule has 9 nitrogen and oxygen atoms in total. The molecular formula is C20H21FN4O5. The van der Waals surface area contributed by atoms with Gasteiger partial charge >= 0.3 is 6.09 Å². The molecule has 30 heavy (non-hydrogen) atoms. The summed E-state index contributed by atoms with van der Waals surface area (Å²) in [6.07, 6.45) is -0.483. The van der Waals surface area contributed by atoms with E-state index in [1.54, 1.807) is 12.1 Å². The minimum Gasteiger partial charge on any atom is -0.444 e. The van der Waals surface area contributed by atoms with Gasteiger partial charge in [0.15, 0.2) is 0 Å². The Bertz CT molecular complexity index is 964. The lowest BCUT2D eigenvalue weighted by atomic mass is 10.1. The van der Waals surface area contributed by atoms with Gasteiger partial charge in [0.1, 0.15) is 23.8 Å². The number of aliphatic hydroxyl groups is 1. The summed E-state index contributed by atoms with van der Waals surface area (Å²) >= 11 is 0. The van der Waals surface area contributed by atoms with Gasteiger partial charge in [-0.3, -0.25) is 14.5 Å². The minimum absolute atomic E-state index is 0.0970. The Morgan fingerprint density at radius 1 is 1.40 bits per heavy atom. The van der Waals surface area contributed by atoms with E-state index in [1.807, 2.05) is 0 Å². The Labute approximate surface area is 171 Å². The number of amides is 3. The molecule has 1 aromatic heterocycles. The van der Waals surface area contributed by atoms with Gasteiger partial charge in [-0.15, -0.1) is 0 Å². The number of nitrogens with zero attached hydrogens (tertiary/aromatic N) is 2. The molecule has 1 fully saturated rings. The van der Waals surface area contributed by atoms with Crippen molar-refractivity contribution in [2.75, 3.05) is 16.8 Å². The molecule has 158 valence electrons. The van der Waals surface area contributed by atoms with E-state index in [0.717, 1.165) is 0 Å². The Hall–Kier alpha value is -3.53. The molecule has 0 spiro atoms. The van der Waals surface area contributed by atoms with Crippen LogP contribution in [-0.4, -0.2) is 46.8 Å². The summed E-state index contributed by atoms with van der Waals surface area (Å²) in [5, 5.41) is 11.6. The number of carbonyl (C=O) groups is 3. The third-order valence-electron chi connectivity index (χ3n) is 4.56. The van der Waals surface area contributed by atoms with Gasteiger partial charge in [0.05, 0.1) is 12.2 Å². The number of ether oxygens (including phenoxy) is 1. The van der Waals surface area contributed by atoms with Crippen LogP contribution in [0.4, 0.5) is 20.7 Å². The van der Waals surface area contributed by atoms with Gasteiger partial charge in [-0.25, -0.2) is 14.2 Å². The van der Waals surface area contributed by atoms with E-state index in [0.29, 0.717) is 17.7 Å². The smallest absolute Gasteiger partial charge is 0.414 e. The summed E-state index contributed by atoms with van der Waals surface area (Å²) in [5.74, 6) is -1.42. The Morgan fingerprint density at radius 3 is 2.77 bits per heavy atom. The molecule has 1 saturated heterocycles. The van der Waals surface area contributed by atoms with Crippen LogP contribution < -0.4 is 16.0 Å². The maximum Gasteiger partial charge on any atom is 0.414 e. The zero-order valence-electron chi connectivity index (χ0n) is 16.2. The fourth-order valence-corrected chi connectivity index (χ4v) is 2.95. The number of carbonyl (C=O) groups excluding carboxylic acids is 3. The Kier molecular flexibility index (Phi) is 6.26. The van der Waals surface area contributed by atoms with Gasteiger partial charge < -0.3 is 20.9 Å². The highest BCUT2D eigenvalue weighted by atomic mass is 19.1. The fourth-order valence-electron chi connectivity index (χ4n) is 2.95. The number of hydrogen-bond acceptors (Lipinski definition) is 6. The van der Waals surface area contributed by atoms with Crippen molar-refractivity contribution in [1.82, 2.24) is 4.98 Å². The molecule has 1 aromatic carbocycles. The molecule has 4 N–H and O–H groups in total. The van der Waals surface area contributed by atoms with Gasteiger partial charge in [-0.1, -0.05) is 0 Å². The van der Waals surface area contributed by atoms with Crippen molar-refractivity contribution in [2.45, 2.75) is 32.0 Å². The van der Waals surface area contributed by atoms with Crippen LogP contribution >= 0.6 is 0 Å². The van der Waals surface area contributed by atoms with E-state index in [2.05, 4.69) is 10.3 Å². The van der Waals surface area contributed by atoms with Crippen LogP contribution in [0.1, 0.15) is 19.8 Å². The Morgan fingerprint density at radius 2 is 2.17 bits per heavy atom. The molecule has 1 aliphatic heterocycles. The van der Waals surface area contributed by atoms with Gasteiger partial charge in [0, 0.05) is 23.7 Å². The lowest BCUT2D eigenvalue weighted by Gasteiger charge is -2.14. The van der Waals surface area contributed by atoms with Crippen LogP contribution in [0, 0.1) is 5.82 Å². The van der Waals surface area contributed by atoms with Crippen molar-refractivity contribution in [1.29, 1.82) is 0 Å². The van der Waals surface area contributed by atoms with Gasteiger partial charge in [-0.2, -0.15) is 0 Å². The highest BCUT2D eigenvalue weighted by Gasteiger charge is 2.32. The number of benzene rings is 1. The first-order valence-electron chi connectivity index (χ1n) is 9.26. The Balaban J connectivity index is 1.72. The summed E-state index contributed by atoms with van der Waals surface area (Å²) in [5.41, 5.74) is 6.17. The fraction of sp³-hybridized carbons (Fsp3) is 0.300. The van der Waals surface area contributed by atoms with Gasteiger partial charge in [0.25, 0.3) is 5.91 Å². The predicted molar refractivity (Wildman–Crippen MR) is 106 cm³/mol. The topological polar surface area (TPSA) is 135 Å². The monoisotopic (exact) mass is 416 g/mol. The number of cyclic esters (lactones) is 1. The molecule has 0 bridgehead atoms. The summed E-state index contributed by atoms with van der Waals surface area (Å²) in [6.45, 7) is 1.53. The van der Waals surface area contributed by atoms with Crippen LogP contribution in [0.25, 0.3) is 11.1 Å². The first kappa shape index (κ1) is 21.2. The van der Waals surface area contributed by atoms with E-state index < -0.39 is 35.9 Å². The summed E-state index contributed by atoms with van der Waals surface area (Å²) in [7, 11) is 0. The molecule has 0 saturated carbocycles. The standard InChI is InChI=1S/C20H21FN4O5/c1-11(26)19(28)24-18-7-2-12(9-23-18)15-5-3-13(8-16(15)21)25-10-14(30-20(25)29)4-6-17(22)27/h2-3,5,7-9,11,14,26H,4,6,10H2,1H3,(H2,22,27)(H,23,24,28). The van der Waals surface area contributed by atoms with E-state index in [1.165, 1.54) is 36.2 Å². The second-order valence-corrected chi connectivity index (χ2v) is 6.88. The summed E-state index contributed by atoms with van der Waals surface area (Å²) in [6, 6.07) is 7.38. The van der Waals surface area contributed by atoms with Crippen LogP contribution in [0.15, 0.2) is 36.5 Å². The average Bonchev–Trinajstić information content (AvgIpc) is 3.07. The molecule has 3 amide bonds. The molecule has 0 radical (unpaired) electrons. The quantitative estimate of drug-likeness (QED) is 0.630. The van der Waals surface area contributed by atoms with Crippen molar-refractivity contribution in [3.63, 3.8) is 0 Å². The summed E-state index contributed by atoms with van der Waals surface area (Å²) in [4.78, 5) is 39.8. The third-order valence-corrected chi connectivity index (χ3v) is 4.56. The highest BCUT2D eigenvalue weighted by Crippen LogP contribution is 2.29. The van der Waals surface area contributed by atoms with E-state index in [9.17, 15) is 23.9 Å². The number of hydrogen-bond donors (Lipinski definition) is 3. The molecule has 1 aliphatic rings. The minimum atomic E-state index is -1.18. The van der Waals surface area contributed by atoms with Crippen molar-refractivity contribution in [2.24, 2.45) is 5.73 Å². The summed E-state index contributed by atoms with van der Waals surface area (Å²) < 4.78 is 19.9. The number of primary amides is 1. The van der Waals surface area contributed by atoms with Crippen molar-refractivity contribution >= 4 is 29.4 Å². The SMILES string of the molecule is CC(O)C(=O)Nc1ccc(-c2ccc(N3CC(CCC(N)=O)OC3=O)cc2F)cn1. The number of anilines is 2. The first-order chi connectivity index (χ1) is 14.2.